The van der Waals surface area contributed by atoms with Gasteiger partial charge in [-0.3, -0.25) is 9.69 Å². The average Bonchev–Trinajstić information content (AvgIpc) is 3.18. The second-order valence-corrected chi connectivity index (χ2v) is 8.91. The number of aromatic nitrogens is 2. The molecule has 2 heterocycles. The number of fused-ring (bicyclic) bond motifs is 1. The number of anilines is 1. The second kappa shape index (κ2) is 7.32. The molecule has 9 heteroatoms. The molecule has 0 N–H and O–H groups in total. The summed E-state index contributed by atoms with van der Waals surface area (Å²) in [6.07, 6.45) is 0. The predicted octanol–water partition coefficient (Wildman–Crippen LogP) is 2.76. The molecule has 0 saturated carbocycles. The van der Waals surface area contributed by atoms with Gasteiger partial charge in [-0.15, -0.1) is 0 Å². The smallest absolute Gasteiger partial charge is 0.265 e. The van der Waals surface area contributed by atoms with Crippen LogP contribution in [0.2, 0.25) is 0 Å². The van der Waals surface area contributed by atoms with Gasteiger partial charge in [0.1, 0.15) is 12.3 Å². The Hall–Kier alpha value is -3.20. The minimum absolute atomic E-state index is 0.0176. The minimum Gasteiger partial charge on any atom is -0.482 e. The molecule has 8 nitrogen and oxygen atoms in total. The number of sulfone groups is 1. The van der Waals surface area contributed by atoms with Crippen LogP contribution in [0.4, 0.5) is 5.69 Å². The van der Waals surface area contributed by atoms with Gasteiger partial charge in [0, 0.05) is 5.56 Å². The van der Waals surface area contributed by atoms with Crippen LogP contribution in [0.5, 0.6) is 5.75 Å². The van der Waals surface area contributed by atoms with Gasteiger partial charge in [-0.05, 0) is 30.7 Å². The van der Waals surface area contributed by atoms with Crippen LogP contribution >= 0.6 is 0 Å². The summed E-state index contributed by atoms with van der Waals surface area (Å²) in [5.41, 5.74) is 2.21. The molecule has 0 radical (unpaired) electrons. The van der Waals surface area contributed by atoms with Crippen molar-refractivity contribution in [3.8, 4) is 17.1 Å². The molecule has 1 aliphatic heterocycles. The maximum Gasteiger partial charge on any atom is 0.265 e. The number of carbonyl (C=O) groups is 1. The van der Waals surface area contributed by atoms with Crippen LogP contribution in [0.1, 0.15) is 18.4 Å². The molecule has 1 amide bonds. The third-order valence-electron chi connectivity index (χ3n) is 4.76. The van der Waals surface area contributed by atoms with E-state index in [0.29, 0.717) is 17.3 Å². The summed E-state index contributed by atoms with van der Waals surface area (Å²) in [5, 5.41) is 4.01. The van der Waals surface area contributed by atoms with Gasteiger partial charge < -0.3 is 9.26 Å². The molecule has 1 aromatic heterocycles. The zero-order valence-electron chi connectivity index (χ0n) is 16.0. The van der Waals surface area contributed by atoms with E-state index in [1.165, 1.54) is 17.0 Å². The van der Waals surface area contributed by atoms with Gasteiger partial charge in [0.05, 0.1) is 16.3 Å². The molecule has 0 fully saturated rings. The van der Waals surface area contributed by atoms with Crippen molar-refractivity contribution in [1.82, 2.24) is 10.1 Å². The molecule has 150 valence electrons. The predicted molar refractivity (Wildman–Crippen MR) is 105 cm³/mol. The van der Waals surface area contributed by atoms with Crippen molar-refractivity contribution < 1.29 is 22.5 Å². The highest BCUT2D eigenvalue weighted by Gasteiger charge is 2.29. The van der Waals surface area contributed by atoms with Crippen LogP contribution in [0.25, 0.3) is 11.4 Å². The van der Waals surface area contributed by atoms with E-state index in [9.17, 15) is 13.2 Å². The molecule has 3 aromatic rings. The highest BCUT2D eigenvalue weighted by Crippen LogP contribution is 2.35. The first-order valence-electron chi connectivity index (χ1n) is 9.07. The van der Waals surface area contributed by atoms with Crippen molar-refractivity contribution >= 4 is 21.4 Å². The third kappa shape index (κ3) is 3.61. The summed E-state index contributed by atoms with van der Waals surface area (Å²) in [4.78, 5) is 18.4. The molecule has 0 saturated heterocycles. The largest absolute Gasteiger partial charge is 0.482 e. The molecule has 4 rings (SSSR count). The van der Waals surface area contributed by atoms with Crippen LogP contribution in [-0.2, 0) is 21.2 Å². The number of ether oxygens (including phenoxy) is 1. The van der Waals surface area contributed by atoms with Crippen LogP contribution < -0.4 is 9.64 Å². The number of carbonyl (C=O) groups excluding carboxylic acids is 1. The number of amides is 1. The zero-order valence-corrected chi connectivity index (χ0v) is 16.8. The number of aryl methyl sites for hydroxylation is 1. The van der Waals surface area contributed by atoms with Crippen molar-refractivity contribution in [2.24, 2.45) is 0 Å². The van der Waals surface area contributed by atoms with Gasteiger partial charge in [0.15, 0.2) is 16.4 Å². The van der Waals surface area contributed by atoms with E-state index in [2.05, 4.69) is 10.1 Å². The second-order valence-electron chi connectivity index (χ2n) is 6.63. The van der Waals surface area contributed by atoms with E-state index in [1.54, 1.807) is 13.0 Å². The Morgan fingerprint density at radius 3 is 2.72 bits per heavy atom. The van der Waals surface area contributed by atoms with Gasteiger partial charge in [-0.1, -0.05) is 36.3 Å². The SMILES string of the molecule is CCS(=O)(=O)c1ccc2c(c1)N(Cc1nc(-c3ccccc3C)no1)C(=O)CO2. The molecule has 0 unspecified atom stereocenters. The van der Waals surface area contributed by atoms with Crippen molar-refractivity contribution in [3.05, 3.63) is 53.9 Å². The minimum atomic E-state index is -3.43. The maximum atomic E-state index is 12.5. The Morgan fingerprint density at radius 1 is 1.17 bits per heavy atom. The number of hydrogen-bond acceptors (Lipinski definition) is 7. The normalized spacial score (nSPS) is 13.9. The lowest BCUT2D eigenvalue weighted by Gasteiger charge is -2.28. The molecule has 29 heavy (non-hydrogen) atoms. The van der Waals surface area contributed by atoms with E-state index in [4.69, 9.17) is 9.26 Å². The molecule has 0 atom stereocenters. The molecule has 1 aliphatic rings. The molecule has 2 aromatic carbocycles. The fourth-order valence-corrected chi connectivity index (χ4v) is 4.00. The Balaban J connectivity index is 1.68. The lowest BCUT2D eigenvalue weighted by Crippen LogP contribution is -2.38. The number of nitrogens with zero attached hydrogens (tertiary/aromatic N) is 3. The Morgan fingerprint density at radius 2 is 1.97 bits per heavy atom. The topological polar surface area (TPSA) is 103 Å². The van der Waals surface area contributed by atoms with Gasteiger partial charge in [0.25, 0.3) is 5.91 Å². The number of rotatable bonds is 5. The van der Waals surface area contributed by atoms with Crippen molar-refractivity contribution in [2.75, 3.05) is 17.3 Å². The summed E-state index contributed by atoms with van der Waals surface area (Å²) < 4.78 is 35.3. The first-order valence-corrected chi connectivity index (χ1v) is 10.7. The van der Waals surface area contributed by atoms with Gasteiger partial charge in [-0.25, -0.2) is 8.42 Å². The van der Waals surface area contributed by atoms with E-state index >= 15 is 0 Å². The summed E-state index contributed by atoms with van der Waals surface area (Å²) in [5.74, 6) is 0.747. The lowest BCUT2D eigenvalue weighted by molar-refractivity contribution is -0.121. The zero-order chi connectivity index (χ0) is 20.6. The highest BCUT2D eigenvalue weighted by molar-refractivity contribution is 7.91. The fraction of sp³-hybridized carbons (Fsp3) is 0.250. The molecule has 0 bridgehead atoms. The van der Waals surface area contributed by atoms with E-state index in [-0.39, 0.29) is 35.6 Å². The van der Waals surface area contributed by atoms with Crippen molar-refractivity contribution in [3.63, 3.8) is 0 Å². The average molecular weight is 413 g/mol. The Kier molecular flexibility index (Phi) is 4.83. The van der Waals surface area contributed by atoms with Gasteiger partial charge in [0.2, 0.25) is 11.7 Å². The van der Waals surface area contributed by atoms with E-state index in [1.807, 2.05) is 31.2 Å². The lowest BCUT2D eigenvalue weighted by atomic mass is 10.1. The summed E-state index contributed by atoms with van der Waals surface area (Å²) in [7, 11) is -3.43. The van der Waals surface area contributed by atoms with E-state index in [0.717, 1.165) is 11.1 Å². The summed E-state index contributed by atoms with van der Waals surface area (Å²) in [6.45, 7) is 3.39. The van der Waals surface area contributed by atoms with Crippen molar-refractivity contribution in [2.45, 2.75) is 25.3 Å². The van der Waals surface area contributed by atoms with Gasteiger partial charge >= 0.3 is 0 Å². The number of hydrogen-bond donors (Lipinski definition) is 0. The van der Waals surface area contributed by atoms with E-state index < -0.39 is 9.84 Å². The number of benzene rings is 2. The Labute approximate surface area is 168 Å². The Bertz CT molecular complexity index is 1190. The van der Waals surface area contributed by atoms with Crippen molar-refractivity contribution in [1.29, 1.82) is 0 Å². The molecule has 0 spiro atoms. The summed E-state index contributed by atoms with van der Waals surface area (Å²) >= 11 is 0. The first kappa shape index (κ1) is 19.1. The van der Waals surface area contributed by atoms with Crippen LogP contribution in [-0.4, -0.2) is 36.8 Å². The molecular weight excluding hydrogens is 394 g/mol. The molecular formula is C20H19N3O5S. The van der Waals surface area contributed by atoms with Crippen LogP contribution in [0, 0.1) is 6.92 Å². The first-order chi connectivity index (χ1) is 13.9. The standard InChI is InChI=1S/C20H19N3O5S/c1-3-29(25,26)14-8-9-17-16(10-14)23(19(24)12-27-17)11-18-21-20(22-28-18)15-7-5-4-6-13(15)2/h4-10H,3,11-12H2,1-2H3. The quantitative estimate of drug-likeness (QED) is 0.634. The molecule has 0 aliphatic carbocycles. The summed E-state index contributed by atoms with van der Waals surface area (Å²) in [6, 6.07) is 12.1. The van der Waals surface area contributed by atoms with Crippen LogP contribution in [0.3, 0.4) is 0 Å². The van der Waals surface area contributed by atoms with Gasteiger partial charge in [-0.2, -0.15) is 4.98 Å². The fourth-order valence-electron chi connectivity index (χ4n) is 3.10. The maximum absolute atomic E-state index is 12.5. The van der Waals surface area contributed by atoms with Crippen LogP contribution in [0.15, 0.2) is 51.9 Å². The monoisotopic (exact) mass is 413 g/mol. The highest BCUT2D eigenvalue weighted by atomic mass is 32.2. The third-order valence-corrected chi connectivity index (χ3v) is 6.49.